The molecule has 2 N–H and O–H groups in total. The van der Waals surface area contributed by atoms with Crippen LogP contribution in [-0.2, 0) is 12.7 Å². The highest BCUT2D eigenvalue weighted by molar-refractivity contribution is 5.49. The number of hydrogen-bond donors (Lipinski definition) is 2. The molecule has 0 aromatic carbocycles. The molecule has 0 saturated heterocycles. The van der Waals surface area contributed by atoms with Crippen molar-refractivity contribution in [3.8, 4) is 0 Å². The van der Waals surface area contributed by atoms with E-state index < -0.39 is 11.7 Å². The first kappa shape index (κ1) is 14.0. The topological polar surface area (TPSA) is 62.7 Å². The van der Waals surface area contributed by atoms with Gasteiger partial charge in [-0.15, -0.1) is 0 Å². The second-order valence-electron chi connectivity index (χ2n) is 3.93. The van der Waals surface area contributed by atoms with Crippen LogP contribution in [0.1, 0.15) is 11.3 Å². The first-order valence-electron chi connectivity index (χ1n) is 5.75. The van der Waals surface area contributed by atoms with Gasteiger partial charge in [0.15, 0.2) is 0 Å². The van der Waals surface area contributed by atoms with Crippen molar-refractivity contribution in [1.29, 1.82) is 0 Å². The summed E-state index contributed by atoms with van der Waals surface area (Å²) in [5.74, 6) is 0.271. The minimum atomic E-state index is -4.42. The van der Waals surface area contributed by atoms with Gasteiger partial charge in [-0.2, -0.15) is 13.2 Å². The first-order valence-corrected chi connectivity index (χ1v) is 5.75. The van der Waals surface area contributed by atoms with Gasteiger partial charge in [-0.3, -0.25) is 0 Å². The Hall–Kier alpha value is -2.38. The van der Waals surface area contributed by atoms with Crippen LogP contribution in [-0.4, -0.2) is 22.0 Å². The summed E-state index contributed by atoms with van der Waals surface area (Å²) in [5, 5.41) is 5.41. The molecule has 0 atom stereocenters. The van der Waals surface area contributed by atoms with Gasteiger partial charge in [0.25, 0.3) is 0 Å². The summed E-state index contributed by atoms with van der Waals surface area (Å²) in [6.45, 7) is 0.264. The monoisotopic (exact) mass is 283 g/mol. The van der Waals surface area contributed by atoms with E-state index in [1.54, 1.807) is 12.3 Å². The standard InChI is InChI=1S/C12H12F3N5/c1-16-10-4-8(12(13,14)15)5-11(20-10)18-6-9-2-3-17-7-19-9/h2-5,7H,6H2,1H3,(H2,16,18,20). The van der Waals surface area contributed by atoms with Gasteiger partial charge in [0, 0.05) is 13.2 Å². The normalized spacial score (nSPS) is 11.2. The van der Waals surface area contributed by atoms with E-state index in [4.69, 9.17) is 0 Å². The molecule has 20 heavy (non-hydrogen) atoms. The van der Waals surface area contributed by atoms with E-state index >= 15 is 0 Å². The van der Waals surface area contributed by atoms with Crippen LogP contribution in [0.3, 0.4) is 0 Å². The Labute approximate surface area is 113 Å². The smallest absolute Gasteiger partial charge is 0.373 e. The van der Waals surface area contributed by atoms with E-state index in [-0.39, 0.29) is 18.2 Å². The molecular formula is C12H12F3N5. The van der Waals surface area contributed by atoms with E-state index in [2.05, 4.69) is 25.6 Å². The van der Waals surface area contributed by atoms with Crippen molar-refractivity contribution in [2.45, 2.75) is 12.7 Å². The maximum absolute atomic E-state index is 12.7. The molecule has 2 aromatic rings. The van der Waals surface area contributed by atoms with Gasteiger partial charge in [0.05, 0.1) is 17.8 Å². The van der Waals surface area contributed by atoms with Crippen LogP contribution in [0.2, 0.25) is 0 Å². The average molecular weight is 283 g/mol. The number of alkyl halides is 3. The summed E-state index contributed by atoms with van der Waals surface area (Å²) >= 11 is 0. The number of hydrogen-bond acceptors (Lipinski definition) is 5. The molecule has 0 unspecified atom stereocenters. The third kappa shape index (κ3) is 3.56. The van der Waals surface area contributed by atoms with E-state index in [0.29, 0.717) is 5.69 Å². The molecule has 0 radical (unpaired) electrons. The lowest BCUT2D eigenvalue weighted by Crippen LogP contribution is -2.10. The number of pyridine rings is 1. The number of aromatic nitrogens is 3. The molecule has 106 valence electrons. The highest BCUT2D eigenvalue weighted by atomic mass is 19.4. The minimum absolute atomic E-state index is 0.128. The van der Waals surface area contributed by atoms with Crippen LogP contribution in [0.15, 0.2) is 30.7 Å². The molecule has 8 heteroatoms. The second kappa shape index (κ2) is 5.72. The van der Waals surface area contributed by atoms with Crippen LogP contribution in [0.5, 0.6) is 0 Å². The molecule has 0 aliphatic carbocycles. The molecule has 0 aliphatic heterocycles. The van der Waals surface area contributed by atoms with Crippen LogP contribution in [0.4, 0.5) is 24.8 Å². The molecule has 5 nitrogen and oxygen atoms in total. The molecule has 0 saturated carbocycles. The zero-order valence-corrected chi connectivity index (χ0v) is 10.6. The molecule has 0 spiro atoms. The number of nitrogens with one attached hydrogen (secondary N) is 2. The number of rotatable bonds is 4. The lowest BCUT2D eigenvalue weighted by atomic mass is 10.2. The van der Waals surface area contributed by atoms with E-state index in [9.17, 15) is 13.2 Å². The Kier molecular flexibility index (Phi) is 4.02. The Bertz CT molecular complexity index is 571. The fourth-order valence-electron chi connectivity index (χ4n) is 1.52. The van der Waals surface area contributed by atoms with E-state index in [1.165, 1.54) is 13.4 Å². The fourth-order valence-corrected chi connectivity index (χ4v) is 1.52. The summed E-state index contributed by atoms with van der Waals surface area (Å²) in [7, 11) is 1.51. The molecular weight excluding hydrogens is 271 g/mol. The maximum Gasteiger partial charge on any atom is 0.416 e. The predicted octanol–water partition coefficient (Wildman–Crippen LogP) is 2.54. The summed E-state index contributed by atoms with van der Waals surface area (Å²) in [6, 6.07) is 3.58. The van der Waals surface area contributed by atoms with Crippen molar-refractivity contribution in [2.24, 2.45) is 0 Å². The molecule has 2 heterocycles. The number of halogens is 3. The molecule has 2 rings (SSSR count). The van der Waals surface area contributed by atoms with Crippen molar-refractivity contribution in [1.82, 2.24) is 15.0 Å². The van der Waals surface area contributed by atoms with Crippen molar-refractivity contribution in [3.05, 3.63) is 42.0 Å². The van der Waals surface area contributed by atoms with Gasteiger partial charge in [0.1, 0.15) is 18.0 Å². The average Bonchev–Trinajstić information content (AvgIpc) is 2.45. The summed E-state index contributed by atoms with van der Waals surface area (Å²) in [4.78, 5) is 11.7. The Morgan fingerprint density at radius 1 is 1.20 bits per heavy atom. The lowest BCUT2D eigenvalue weighted by molar-refractivity contribution is -0.137. The fraction of sp³-hybridized carbons (Fsp3) is 0.250. The van der Waals surface area contributed by atoms with Gasteiger partial charge in [-0.25, -0.2) is 15.0 Å². The number of nitrogens with zero attached hydrogens (tertiary/aromatic N) is 3. The van der Waals surface area contributed by atoms with Gasteiger partial charge in [-0.05, 0) is 18.2 Å². The largest absolute Gasteiger partial charge is 0.416 e. The Morgan fingerprint density at radius 3 is 2.55 bits per heavy atom. The van der Waals surface area contributed by atoms with E-state index in [0.717, 1.165) is 12.1 Å². The van der Waals surface area contributed by atoms with Crippen LogP contribution in [0.25, 0.3) is 0 Å². The number of anilines is 2. The summed E-state index contributed by atoms with van der Waals surface area (Å²) in [5.41, 5.74) is -0.104. The van der Waals surface area contributed by atoms with E-state index in [1.807, 2.05) is 0 Å². The van der Waals surface area contributed by atoms with Crippen molar-refractivity contribution in [3.63, 3.8) is 0 Å². The van der Waals surface area contributed by atoms with Crippen molar-refractivity contribution < 1.29 is 13.2 Å². The quantitative estimate of drug-likeness (QED) is 0.903. The van der Waals surface area contributed by atoms with Crippen molar-refractivity contribution in [2.75, 3.05) is 17.7 Å². The Balaban J connectivity index is 2.19. The maximum atomic E-state index is 12.7. The molecule has 0 aliphatic rings. The Morgan fingerprint density at radius 2 is 1.95 bits per heavy atom. The highest BCUT2D eigenvalue weighted by Crippen LogP contribution is 2.31. The summed E-state index contributed by atoms with van der Waals surface area (Å²) < 4.78 is 38.2. The lowest BCUT2D eigenvalue weighted by Gasteiger charge is -2.12. The van der Waals surface area contributed by atoms with Gasteiger partial charge in [0.2, 0.25) is 0 Å². The third-order valence-corrected chi connectivity index (χ3v) is 2.50. The molecule has 0 fully saturated rings. The van der Waals surface area contributed by atoms with Gasteiger partial charge in [-0.1, -0.05) is 0 Å². The zero-order valence-electron chi connectivity index (χ0n) is 10.6. The SMILES string of the molecule is CNc1cc(C(F)(F)F)cc(NCc2ccncn2)n1. The predicted molar refractivity (Wildman–Crippen MR) is 68.1 cm³/mol. The van der Waals surface area contributed by atoms with Gasteiger partial charge >= 0.3 is 6.18 Å². The van der Waals surface area contributed by atoms with Crippen LogP contribution < -0.4 is 10.6 Å². The third-order valence-electron chi connectivity index (χ3n) is 2.50. The zero-order chi connectivity index (χ0) is 14.6. The highest BCUT2D eigenvalue weighted by Gasteiger charge is 2.31. The molecule has 2 aromatic heterocycles. The summed E-state index contributed by atoms with van der Waals surface area (Å²) in [6.07, 6.45) is -1.49. The minimum Gasteiger partial charge on any atom is -0.373 e. The molecule has 0 bridgehead atoms. The second-order valence-corrected chi connectivity index (χ2v) is 3.93. The van der Waals surface area contributed by atoms with Crippen molar-refractivity contribution >= 4 is 11.6 Å². The molecule has 0 amide bonds. The van der Waals surface area contributed by atoms with Crippen LogP contribution >= 0.6 is 0 Å². The van der Waals surface area contributed by atoms with Crippen LogP contribution in [0, 0.1) is 0 Å². The van der Waals surface area contributed by atoms with Gasteiger partial charge < -0.3 is 10.6 Å². The first-order chi connectivity index (χ1) is 9.49.